The first-order chi connectivity index (χ1) is 6.20. The molecule has 0 unspecified atom stereocenters. The zero-order chi connectivity index (χ0) is 9.42. The number of anilines is 1. The van der Waals surface area contributed by atoms with Crippen LogP contribution in [-0.2, 0) is 0 Å². The summed E-state index contributed by atoms with van der Waals surface area (Å²) >= 11 is 0. The van der Waals surface area contributed by atoms with Crippen molar-refractivity contribution in [3.8, 4) is 0 Å². The minimum Gasteiger partial charge on any atom is -0.384 e. The summed E-state index contributed by atoms with van der Waals surface area (Å²) in [7, 11) is 0. The average molecular weight is 176 g/mol. The molecule has 13 heavy (non-hydrogen) atoms. The second-order valence-corrected chi connectivity index (χ2v) is 3.36. The highest BCUT2D eigenvalue weighted by Crippen LogP contribution is 2.19. The van der Waals surface area contributed by atoms with Gasteiger partial charge in [0.2, 0.25) is 0 Å². The molecular weight excluding hydrogens is 164 g/mol. The Morgan fingerprint density at radius 2 is 2.23 bits per heavy atom. The number of hydrogen-bond donors (Lipinski definition) is 1. The van der Waals surface area contributed by atoms with Crippen molar-refractivity contribution in [2.75, 3.05) is 5.73 Å². The summed E-state index contributed by atoms with van der Waals surface area (Å²) in [6, 6.07) is 1.74. The summed E-state index contributed by atoms with van der Waals surface area (Å²) in [5.41, 5.74) is 7.72. The Labute approximate surface area is 76.4 Å². The van der Waals surface area contributed by atoms with E-state index >= 15 is 0 Å². The van der Waals surface area contributed by atoms with Crippen LogP contribution in [0, 0.1) is 0 Å². The van der Waals surface area contributed by atoms with Crippen LogP contribution in [0.3, 0.4) is 0 Å². The van der Waals surface area contributed by atoms with E-state index in [-0.39, 0.29) is 0 Å². The van der Waals surface area contributed by atoms with Crippen molar-refractivity contribution >= 4 is 11.5 Å². The fraction of sp³-hybridized carbons (Fsp3) is 0.333. The first-order valence-corrected chi connectivity index (χ1v) is 4.28. The largest absolute Gasteiger partial charge is 0.384 e. The predicted octanol–water partition coefficient (Wildman–Crippen LogP) is 1.43. The van der Waals surface area contributed by atoms with Crippen LogP contribution in [0.15, 0.2) is 18.5 Å². The lowest BCUT2D eigenvalue weighted by molar-refractivity contribution is 0.872. The molecule has 0 saturated carbocycles. The fourth-order valence-corrected chi connectivity index (χ4v) is 1.33. The zero-order valence-corrected chi connectivity index (χ0v) is 7.73. The highest BCUT2D eigenvalue weighted by atomic mass is 15.3. The molecule has 2 rings (SSSR count). The minimum atomic E-state index is 0.423. The van der Waals surface area contributed by atoms with Crippen molar-refractivity contribution in [1.29, 1.82) is 0 Å². The van der Waals surface area contributed by atoms with Gasteiger partial charge in [-0.1, -0.05) is 13.8 Å². The van der Waals surface area contributed by atoms with Crippen LogP contribution in [0.1, 0.15) is 25.3 Å². The molecule has 4 nitrogen and oxygen atoms in total. The number of fused-ring (bicyclic) bond motifs is 1. The molecule has 2 aromatic rings. The van der Waals surface area contributed by atoms with E-state index in [0.717, 1.165) is 11.2 Å². The first-order valence-electron chi connectivity index (χ1n) is 4.28. The molecule has 2 N–H and O–H groups in total. The van der Waals surface area contributed by atoms with Gasteiger partial charge in [0.15, 0.2) is 5.65 Å². The number of nitrogens with two attached hydrogens (primary N) is 1. The molecule has 2 heterocycles. The van der Waals surface area contributed by atoms with Gasteiger partial charge in [-0.15, -0.1) is 0 Å². The van der Waals surface area contributed by atoms with Crippen molar-refractivity contribution in [3.63, 3.8) is 0 Å². The molecule has 2 aromatic heterocycles. The fourth-order valence-electron chi connectivity index (χ4n) is 1.33. The van der Waals surface area contributed by atoms with Crippen LogP contribution in [-0.4, -0.2) is 14.6 Å². The second-order valence-electron chi connectivity index (χ2n) is 3.36. The molecule has 0 bridgehead atoms. The van der Waals surface area contributed by atoms with E-state index in [4.69, 9.17) is 5.73 Å². The van der Waals surface area contributed by atoms with Crippen LogP contribution in [0.25, 0.3) is 5.65 Å². The molecule has 4 heteroatoms. The van der Waals surface area contributed by atoms with Crippen molar-refractivity contribution in [2.24, 2.45) is 0 Å². The minimum absolute atomic E-state index is 0.423. The maximum absolute atomic E-state index is 5.73. The van der Waals surface area contributed by atoms with Gasteiger partial charge in [0, 0.05) is 11.8 Å². The molecular formula is C9H12N4. The molecule has 0 saturated heterocycles. The topological polar surface area (TPSA) is 56.2 Å². The highest BCUT2D eigenvalue weighted by Gasteiger charge is 2.09. The molecule has 0 aliphatic heterocycles. The SMILES string of the molecule is CC(C)c1cnn2c(N)ccnc12. The van der Waals surface area contributed by atoms with E-state index in [1.165, 1.54) is 0 Å². The highest BCUT2D eigenvalue weighted by molar-refractivity contribution is 5.52. The standard InChI is InChI=1S/C9H12N4/c1-6(2)7-5-12-13-8(10)3-4-11-9(7)13/h3-6H,10H2,1-2H3. The predicted molar refractivity (Wildman–Crippen MR) is 51.5 cm³/mol. The summed E-state index contributed by atoms with van der Waals surface area (Å²) in [5.74, 6) is 1.05. The Hall–Kier alpha value is -1.58. The Kier molecular flexibility index (Phi) is 1.69. The van der Waals surface area contributed by atoms with Crippen LogP contribution < -0.4 is 5.73 Å². The van der Waals surface area contributed by atoms with E-state index in [0.29, 0.717) is 11.7 Å². The molecule has 0 aliphatic rings. The van der Waals surface area contributed by atoms with Crippen molar-refractivity contribution < 1.29 is 0 Å². The van der Waals surface area contributed by atoms with E-state index in [1.807, 2.05) is 6.20 Å². The average Bonchev–Trinajstić information content (AvgIpc) is 2.48. The quantitative estimate of drug-likeness (QED) is 0.715. The number of rotatable bonds is 1. The summed E-state index contributed by atoms with van der Waals surface area (Å²) < 4.78 is 1.66. The van der Waals surface area contributed by atoms with Gasteiger partial charge < -0.3 is 5.73 Å². The molecule has 68 valence electrons. The summed E-state index contributed by atoms with van der Waals surface area (Å²) in [5, 5.41) is 4.17. The molecule has 0 fully saturated rings. The summed E-state index contributed by atoms with van der Waals surface area (Å²) in [4.78, 5) is 4.24. The van der Waals surface area contributed by atoms with Gasteiger partial charge in [0.05, 0.1) is 6.20 Å². The second kappa shape index (κ2) is 2.73. The molecule has 0 spiro atoms. The van der Waals surface area contributed by atoms with Gasteiger partial charge in [0.1, 0.15) is 5.82 Å². The monoisotopic (exact) mass is 176 g/mol. The molecule has 0 atom stereocenters. The first kappa shape index (κ1) is 8.04. The summed E-state index contributed by atoms with van der Waals surface area (Å²) in [6.45, 7) is 4.23. The van der Waals surface area contributed by atoms with Crippen molar-refractivity contribution in [3.05, 3.63) is 24.0 Å². The maximum Gasteiger partial charge on any atom is 0.160 e. The number of nitrogen functional groups attached to an aromatic ring is 1. The Balaban J connectivity index is 2.75. The van der Waals surface area contributed by atoms with E-state index in [9.17, 15) is 0 Å². The molecule has 0 aliphatic carbocycles. The van der Waals surface area contributed by atoms with Gasteiger partial charge in [-0.25, -0.2) is 4.98 Å². The lowest BCUT2D eigenvalue weighted by Gasteiger charge is -2.01. The number of nitrogens with zero attached hydrogens (tertiary/aromatic N) is 3. The van der Waals surface area contributed by atoms with Crippen LogP contribution in [0.4, 0.5) is 5.82 Å². The van der Waals surface area contributed by atoms with Gasteiger partial charge in [0.25, 0.3) is 0 Å². The smallest absolute Gasteiger partial charge is 0.160 e. The maximum atomic E-state index is 5.73. The van der Waals surface area contributed by atoms with Crippen molar-refractivity contribution in [2.45, 2.75) is 19.8 Å². The van der Waals surface area contributed by atoms with Gasteiger partial charge >= 0.3 is 0 Å². The third kappa shape index (κ3) is 1.14. The molecule has 0 aromatic carbocycles. The van der Waals surface area contributed by atoms with E-state index < -0.39 is 0 Å². The number of aromatic nitrogens is 3. The van der Waals surface area contributed by atoms with Crippen LogP contribution in [0.5, 0.6) is 0 Å². The normalized spacial score (nSPS) is 11.3. The van der Waals surface area contributed by atoms with Gasteiger partial charge in [-0.3, -0.25) is 0 Å². The van der Waals surface area contributed by atoms with Gasteiger partial charge in [-0.05, 0) is 12.0 Å². The lowest BCUT2D eigenvalue weighted by atomic mass is 10.1. The lowest BCUT2D eigenvalue weighted by Crippen LogP contribution is -1.99. The van der Waals surface area contributed by atoms with E-state index in [2.05, 4.69) is 23.9 Å². The molecule has 0 radical (unpaired) electrons. The molecule has 0 amide bonds. The van der Waals surface area contributed by atoms with Crippen LogP contribution in [0.2, 0.25) is 0 Å². The Bertz CT molecular complexity index is 430. The third-order valence-corrected chi connectivity index (χ3v) is 2.08. The van der Waals surface area contributed by atoms with Crippen molar-refractivity contribution in [1.82, 2.24) is 14.6 Å². The Morgan fingerprint density at radius 3 is 2.92 bits per heavy atom. The zero-order valence-electron chi connectivity index (χ0n) is 7.73. The van der Waals surface area contributed by atoms with E-state index in [1.54, 1.807) is 16.8 Å². The Morgan fingerprint density at radius 1 is 1.46 bits per heavy atom. The van der Waals surface area contributed by atoms with Crippen LogP contribution >= 0.6 is 0 Å². The summed E-state index contributed by atoms with van der Waals surface area (Å²) in [6.07, 6.45) is 3.53. The number of hydrogen-bond acceptors (Lipinski definition) is 3. The third-order valence-electron chi connectivity index (χ3n) is 2.08. The van der Waals surface area contributed by atoms with Gasteiger partial charge in [-0.2, -0.15) is 9.61 Å².